The van der Waals surface area contributed by atoms with E-state index >= 15 is 0 Å². The van der Waals surface area contributed by atoms with Crippen LogP contribution in [0.1, 0.15) is 41.4 Å². The van der Waals surface area contributed by atoms with Gasteiger partial charge < -0.3 is 4.74 Å². The van der Waals surface area contributed by atoms with Gasteiger partial charge in [-0.3, -0.25) is 4.57 Å². The lowest BCUT2D eigenvalue weighted by Gasteiger charge is -2.25. The van der Waals surface area contributed by atoms with Crippen molar-refractivity contribution in [3.8, 4) is 23.0 Å². The molecule has 0 bridgehead atoms. The van der Waals surface area contributed by atoms with E-state index in [-0.39, 0.29) is 5.56 Å². The third kappa shape index (κ3) is 3.85. The SMILES string of the molecule is COc1cc(-c2nc3n(n2)CCC[C@H]3c2ccccc2C(F)(F)F)cnc1-n1cnc(C)c1. The van der Waals surface area contributed by atoms with E-state index in [0.29, 0.717) is 48.2 Å². The molecule has 1 aliphatic rings. The minimum absolute atomic E-state index is 0.228. The van der Waals surface area contributed by atoms with E-state index in [9.17, 15) is 13.2 Å². The van der Waals surface area contributed by atoms with Crippen molar-refractivity contribution in [2.45, 2.75) is 38.4 Å². The summed E-state index contributed by atoms with van der Waals surface area (Å²) in [7, 11) is 1.55. The number of ether oxygens (including phenoxy) is 1. The van der Waals surface area contributed by atoms with Gasteiger partial charge in [-0.15, -0.1) is 0 Å². The highest BCUT2D eigenvalue weighted by Gasteiger charge is 2.37. The van der Waals surface area contributed by atoms with E-state index < -0.39 is 17.7 Å². The average molecular weight is 454 g/mol. The summed E-state index contributed by atoms with van der Waals surface area (Å²) in [6.45, 7) is 2.48. The molecule has 0 unspecified atom stereocenters. The van der Waals surface area contributed by atoms with Crippen LogP contribution in [0.15, 0.2) is 49.1 Å². The van der Waals surface area contributed by atoms with Gasteiger partial charge in [0.05, 0.1) is 18.4 Å². The maximum Gasteiger partial charge on any atom is 0.416 e. The first-order valence-corrected chi connectivity index (χ1v) is 10.5. The highest BCUT2D eigenvalue weighted by molar-refractivity contribution is 5.59. The second kappa shape index (κ2) is 8.02. The molecule has 3 aromatic heterocycles. The number of aryl methyl sites for hydroxylation is 2. The summed E-state index contributed by atoms with van der Waals surface area (Å²) in [6, 6.07) is 7.47. The fraction of sp³-hybridized carbons (Fsp3) is 0.304. The first-order valence-electron chi connectivity index (χ1n) is 10.5. The van der Waals surface area contributed by atoms with E-state index in [4.69, 9.17) is 4.74 Å². The van der Waals surface area contributed by atoms with E-state index in [1.165, 1.54) is 12.1 Å². The standard InChI is InChI=1S/C23H21F3N6O/c1-14-12-31(13-28-14)22-19(33-2)10-15(11-27-22)20-29-21-17(7-5-9-32(21)30-20)16-6-3-4-8-18(16)23(24,25)26/h3-4,6,8,10-13,17H,5,7,9H2,1-2H3/t17-/m0/s1. The van der Waals surface area contributed by atoms with Gasteiger partial charge in [-0.1, -0.05) is 18.2 Å². The number of halogens is 3. The number of nitrogens with zero attached hydrogens (tertiary/aromatic N) is 6. The number of pyridine rings is 1. The minimum Gasteiger partial charge on any atom is -0.493 e. The molecule has 4 heterocycles. The number of hydrogen-bond donors (Lipinski definition) is 0. The van der Waals surface area contributed by atoms with Gasteiger partial charge in [-0.2, -0.15) is 18.3 Å². The smallest absolute Gasteiger partial charge is 0.416 e. The number of alkyl halides is 3. The molecule has 0 N–H and O–H groups in total. The zero-order chi connectivity index (χ0) is 23.2. The van der Waals surface area contributed by atoms with Crippen LogP contribution in [-0.4, -0.2) is 36.4 Å². The van der Waals surface area contributed by atoms with Gasteiger partial charge in [0.2, 0.25) is 0 Å². The predicted molar refractivity (Wildman–Crippen MR) is 114 cm³/mol. The third-order valence-corrected chi connectivity index (χ3v) is 5.78. The van der Waals surface area contributed by atoms with Crippen LogP contribution in [0.4, 0.5) is 13.2 Å². The number of fused-ring (bicyclic) bond motifs is 1. The Morgan fingerprint density at radius 3 is 2.70 bits per heavy atom. The lowest BCUT2D eigenvalue weighted by molar-refractivity contribution is -0.138. The lowest BCUT2D eigenvalue weighted by Crippen LogP contribution is -2.21. The molecule has 0 aliphatic carbocycles. The van der Waals surface area contributed by atoms with Crippen LogP contribution < -0.4 is 4.74 Å². The summed E-state index contributed by atoms with van der Waals surface area (Å²) in [5.74, 6) is 1.53. The third-order valence-electron chi connectivity index (χ3n) is 5.78. The lowest BCUT2D eigenvalue weighted by atomic mass is 9.88. The van der Waals surface area contributed by atoms with Crippen LogP contribution in [0.2, 0.25) is 0 Å². The molecule has 4 aromatic rings. The normalized spacial score (nSPS) is 16.0. The second-order valence-electron chi connectivity index (χ2n) is 7.97. The first-order chi connectivity index (χ1) is 15.8. The van der Waals surface area contributed by atoms with Crippen LogP contribution in [0.5, 0.6) is 5.75 Å². The molecular weight excluding hydrogens is 433 g/mol. The zero-order valence-electron chi connectivity index (χ0n) is 18.0. The Morgan fingerprint density at radius 1 is 1.15 bits per heavy atom. The quantitative estimate of drug-likeness (QED) is 0.444. The van der Waals surface area contributed by atoms with Crippen molar-refractivity contribution in [2.75, 3.05) is 7.11 Å². The molecule has 1 aromatic carbocycles. The highest BCUT2D eigenvalue weighted by Crippen LogP contribution is 2.41. The number of methoxy groups -OCH3 is 1. The summed E-state index contributed by atoms with van der Waals surface area (Å²) in [5.41, 5.74) is 1.07. The van der Waals surface area contributed by atoms with Gasteiger partial charge in [0.15, 0.2) is 17.4 Å². The Bertz CT molecular complexity index is 1310. The van der Waals surface area contributed by atoms with Gasteiger partial charge in [-0.25, -0.2) is 19.6 Å². The van der Waals surface area contributed by atoms with Crippen molar-refractivity contribution in [1.82, 2.24) is 29.3 Å². The monoisotopic (exact) mass is 454 g/mol. The largest absolute Gasteiger partial charge is 0.493 e. The summed E-state index contributed by atoms with van der Waals surface area (Å²) in [5, 5.41) is 4.58. The average Bonchev–Trinajstić information content (AvgIpc) is 3.44. The molecule has 0 radical (unpaired) electrons. The summed E-state index contributed by atoms with van der Waals surface area (Å²) >= 11 is 0. The second-order valence-corrected chi connectivity index (χ2v) is 7.97. The van der Waals surface area contributed by atoms with Gasteiger partial charge in [0.1, 0.15) is 12.2 Å². The molecule has 1 atom stereocenters. The molecule has 0 saturated carbocycles. The van der Waals surface area contributed by atoms with E-state index in [1.807, 2.05) is 13.1 Å². The summed E-state index contributed by atoms with van der Waals surface area (Å²) in [4.78, 5) is 13.4. The molecular formula is C23H21F3N6O. The van der Waals surface area contributed by atoms with Crippen molar-refractivity contribution < 1.29 is 17.9 Å². The molecule has 1 aliphatic heterocycles. The Labute approximate surface area is 187 Å². The van der Waals surface area contributed by atoms with Crippen LogP contribution in [-0.2, 0) is 12.7 Å². The van der Waals surface area contributed by atoms with Crippen molar-refractivity contribution in [3.05, 3.63) is 71.7 Å². The Hall–Kier alpha value is -3.69. The van der Waals surface area contributed by atoms with Gasteiger partial charge in [-0.05, 0) is 37.5 Å². The Kier molecular flexibility index (Phi) is 5.15. The molecule has 0 saturated heterocycles. The molecule has 10 heteroatoms. The molecule has 33 heavy (non-hydrogen) atoms. The predicted octanol–water partition coefficient (Wildman–Crippen LogP) is 4.79. The fourth-order valence-electron chi connectivity index (χ4n) is 4.27. The number of imidazole rings is 1. The van der Waals surface area contributed by atoms with Crippen LogP contribution in [0.3, 0.4) is 0 Å². The maximum absolute atomic E-state index is 13.6. The van der Waals surface area contributed by atoms with E-state index in [0.717, 1.165) is 11.8 Å². The molecule has 0 amide bonds. The minimum atomic E-state index is -4.43. The number of hydrogen-bond acceptors (Lipinski definition) is 5. The van der Waals surface area contributed by atoms with Gasteiger partial charge in [0, 0.05) is 30.4 Å². The van der Waals surface area contributed by atoms with Gasteiger partial charge in [0.25, 0.3) is 0 Å². The van der Waals surface area contributed by atoms with Crippen molar-refractivity contribution in [1.29, 1.82) is 0 Å². The molecule has 170 valence electrons. The van der Waals surface area contributed by atoms with Crippen LogP contribution in [0.25, 0.3) is 17.2 Å². The van der Waals surface area contributed by atoms with E-state index in [2.05, 4.69) is 20.1 Å². The number of rotatable bonds is 4. The van der Waals surface area contributed by atoms with Crippen molar-refractivity contribution >= 4 is 0 Å². The van der Waals surface area contributed by atoms with Crippen LogP contribution in [0, 0.1) is 6.92 Å². The zero-order valence-corrected chi connectivity index (χ0v) is 18.0. The van der Waals surface area contributed by atoms with Crippen LogP contribution >= 0.6 is 0 Å². The van der Waals surface area contributed by atoms with Crippen molar-refractivity contribution in [2.24, 2.45) is 0 Å². The van der Waals surface area contributed by atoms with Crippen molar-refractivity contribution in [3.63, 3.8) is 0 Å². The summed E-state index contributed by atoms with van der Waals surface area (Å²) < 4.78 is 49.9. The number of aromatic nitrogens is 6. The molecule has 0 fully saturated rings. The molecule has 5 rings (SSSR count). The Morgan fingerprint density at radius 2 is 1.97 bits per heavy atom. The summed E-state index contributed by atoms with van der Waals surface area (Å²) in [6.07, 6.45) is 1.98. The van der Waals surface area contributed by atoms with Gasteiger partial charge >= 0.3 is 6.18 Å². The molecule has 7 nitrogen and oxygen atoms in total. The maximum atomic E-state index is 13.6. The number of benzene rings is 1. The highest BCUT2D eigenvalue weighted by atomic mass is 19.4. The Balaban J connectivity index is 1.55. The topological polar surface area (TPSA) is 70.7 Å². The first kappa shape index (κ1) is 21.2. The molecule has 0 spiro atoms. The fourth-order valence-corrected chi connectivity index (χ4v) is 4.27. The van der Waals surface area contributed by atoms with E-state index in [1.54, 1.807) is 41.0 Å².